The molecule has 0 atom stereocenters. The topological polar surface area (TPSA) is 0 Å². The van der Waals surface area contributed by atoms with Gasteiger partial charge in [0.2, 0.25) is 0 Å². The SMILES string of the molecule is CCCCCC1CC[Si](c2ccc(-c3ccc(CCC)cc3F)c(F)c2)CC1. The Morgan fingerprint density at radius 1 is 0.857 bits per heavy atom. The van der Waals surface area contributed by atoms with Crippen LogP contribution in [0.4, 0.5) is 8.78 Å². The Kier molecular flexibility index (Phi) is 7.84. The van der Waals surface area contributed by atoms with Gasteiger partial charge in [0.25, 0.3) is 0 Å². The minimum absolute atomic E-state index is 0.276. The van der Waals surface area contributed by atoms with Gasteiger partial charge in [-0.05, 0) is 30.0 Å². The quantitative estimate of drug-likeness (QED) is 0.323. The second-order valence-electron chi connectivity index (χ2n) is 8.30. The molecule has 1 aliphatic heterocycles. The van der Waals surface area contributed by atoms with E-state index in [4.69, 9.17) is 0 Å². The van der Waals surface area contributed by atoms with Gasteiger partial charge in [-0.2, -0.15) is 0 Å². The summed E-state index contributed by atoms with van der Waals surface area (Å²) in [4.78, 5) is 0. The van der Waals surface area contributed by atoms with E-state index >= 15 is 0 Å². The van der Waals surface area contributed by atoms with Crippen LogP contribution in [0, 0.1) is 17.6 Å². The molecule has 1 radical (unpaired) electrons. The van der Waals surface area contributed by atoms with Crippen molar-refractivity contribution in [3.8, 4) is 11.1 Å². The van der Waals surface area contributed by atoms with Crippen LogP contribution >= 0.6 is 0 Å². The van der Waals surface area contributed by atoms with Crippen molar-refractivity contribution in [1.29, 1.82) is 0 Å². The summed E-state index contributed by atoms with van der Waals surface area (Å²) in [6, 6.07) is 13.3. The molecule has 0 nitrogen and oxygen atoms in total. The Bertz CT molecular complexity index is 763. The van der Waals surface area contributed by atoms with Gasteiger partial charge in [-0.15, -0.1) is 0 Å². The van der Waals surface area contributed by atoms with Crippen LogP contribution in [0.1, 0.15) is 64.4 Å². The molecule has 1 aliphatic rings. The van der Waals surface area contributed by atoms with Gasteiger partial charge in [-0.25, -0.2) is 8.78 Å². The van der Waals surface area contributed by atoms with E-state index in [-0.39, 0.29) is 11.6 Å². The van der Waals surface area contributed by atoms with Gasteiger partial charge in [0.15, 0.2) is 0 Å². The Morgan fingerprint density at radius 3 is 2.14 bits per heavy atom. The highest BCUT2D eigenvalue weighted by molar-refractivity contribution is 6.73. The lowest BCUT2D eigenvalue weighted by Crippen LogP contribution is -2.34. The first-order valence-corrected chi connectivity index (χ1v) is 13.0. The maximum absolute atomic E-state index is 14.9. The van der Waals surface area contributed by atoms with Crippen molar-refractivity contribution in [3.63, 3.8) is 0 Å². The van der Waals surface area contributed by atoms with Crippen molar-refractivity contribution in [2.24, 2.45) is 5.92 Å². The first-order valence-electron chi connectivity index (χ1n) is 11.1. The van der Waals surface area contributed by atoms with E-state index in [9.17, 15) is 8.78 Å². The highest BCUT2D eigenvalue weighted by atomic mass is 28.3. The molecule has 0 spiro atoms. The zero-order chi connectivity index (χ0) is 19.9. The monoisotopic (exact) mass is 399 g/mol. The smallest absolute Gasteiger partial charge is 0.131 e. The number of hydrogen-bond acceptors (Lipinski definition) is 0. The van der Waals surface area contributed by atoms with E-state index in [2.05, 4.69) is 19.9 Å². The molecule has 0 saturated carbocycles. The third-order valence-corrected chi connectivity index (χ3v) is 9.08. The van der Waals surface area contributed by atoms with Crippen LogP contribution in [0.15, 0.2) is 36.4 Å². The second-order valence-corrected chi connectivity index (χ2v) is 11.1. The summed E-state index contributed by atoms with van der Waals surface area (Å²) in [5.74, 6) is 0.279. The van der Waals surface area contributed by atoms with Crippen LogP contribution in [0.3, 0.4) is 0 Å². The number of halogens is 2. The van der Waals surface area contributed by atoms with Crippen LogP contribution in [-0.4, -0.2) is 8.80 Å². The highest BCUT2D eigenvalue weighted by Crippen LogP contribution is 2.31. The average molecular weight is 400 g/mol. The van der Waals surface area contributed by atoms with E-state index in [0.29, 0.717) is 11.1 Å². The first-order chi connectivity index (χ1) is 13.6. The number of rotatable bonds is 8. The van der Waals surface area contributed by atoms with Crippen molar-refractivity contribution in [2.75, 3.05) is 0 Å². The van der Waals surface area contributed by atoms with Crippen molar-refractivity contribution in [2.45, 2.75) is 77.3 Å². The van der Waals surface area contributed by atoms with Crippen LogP contribution in [-0.2, 0) is 6.42 Å². The predicted octanol–water partition coefficient (Wildman–Crippen LogP) is 7.28. The zero-order valence-corrected chi connectivity index (χ0v) is 18.4. The van der Waals surface area contributed by atoms with Gasteiger partial charge < -0.3 is 0 Å². The average Bonchev–Trinajstić information content (AvgIpc) is 2.70. The summed E-state index contributed by atoms with van der Waals surface area (Å²) in [5.41, 5.74) is 1.74. The molecule has 2 aromatic carbocycles. The Labute approximate surface area is 171 Å². The van der Waals surface area contributed by atoms with Gasteiger partial charge in [-0.1, -0.05) is 100 Å². The maximum atomic E-state index is 14.9. The molecule has 1 heterocycles. The molecule has 1 fully saturated rings. The molecule has 1 saturated heterocycles. The molecule has 0 aromatic heterocycles. The lowest BCUT2D eigenvalue weighted by Gasteiger charge is -2.27. The standard InChI is InChI=1S/C25H33F2Si/c1-3-5-6-8-19-13-15-28(16-14-19)21-10-12-23(25(27)18-21)22-11-9-20(7-4-2)17-24(22)26/h9-12,17-19H,3-8,13-16H2,1-2H3. The normalized spacial score (nSPS) is 15.9. The van der Waals surface area contributed by atoms with Crippen LogP contribution in [0.2, 0.25) is 12.1 Å². The minimum Gasteiger partial charge on any atom is -0.206 e. The highest BCUT2D eigenvalue weighted by Gasteiger charge is 2.24. The lowest BCUT2D eigenvalue weighted by molar-refractivity contribution is 0.418. The van der Waals surface area contributed by atoms with E-state index in [0.717, 1.165) is 24.3 Å². The zero-order valence-electron chi connectivity index (χ0n) is 17.4. The van der Waals surface area contributed by atoms with Gasteiger partial charge in [-0.3, -0.25) is 0 Å². The molecular formula is C25H33F2Si. The Morgan fingerprint density at radius 2 is 1.54 bits per heavy atom. The van der Waals surface area contributed by atoms with E-state index in [1.54, 1.807) is 24.3 Å². The summed E-state index contributed by atoms with van der Waals surface area (Å²) < 4.78 is 29.4. The molecule has 0 unspecified atom stereocenters. The maximum Gasteiger partial charge on any atom is 0.131 e. The summed E-state index contributed by atoms with van der Waals surface area (Å²) in [5, 5.41) is 1.18. The Hall–Kier alpha value is -1.48. The number of aryl methyl sites for hydroxylation is 1. The largest absolute Gasteiger partial charge is 0.206 e. The minimum atomic E-state index is -0.666. The predicted molar refractivity (Wildman–Crippen MR) is 118 cm³/mol. The molecule has 0 bridgehead atoms. The van der Waals surface area contributed by atoms with E-state index in [1.165, 1.54) is 55.8 Å². The van der Waals surface area contributed by atoms with Crippen molar-refractivity contribution >= 4 is 14.0 Å². The van der Waals surface area contributed by atoms with Gasteiger partial charge in [0.1, 0.15) is 11.6 Å². The molecular weight excluding hydrogens is 366 g/mol. The van der Waals surface area contributed by atoms with Gasteiger partial charge >= 0.3 is 0 Å². The summed E-state index contributed by atoms with van der Waals surface area (Å²) in [6.07, 6.45) is 9.78. The second kappa shape index (κ2) is 10.3. The molecule has 3 heteroatoms. The van der Waals surface area contributed by atoms with E-state index < -0.39 is 8.80 Å². The first kappa shape index (κ1) is 21.2. The van der Waals surface area contributed by atoms with Crippen molar-refractivity contribution < 1.29 is 8.78 Å². The number of unbranched alkanes of at least 4 members (excludes halogenated alkanes) is 2. The molecule has 28 heavy (non-hydrogen) atoms. The molecule has 0 aliphatic carbocycles. The molecule has 2 aromatic rings. The van der Waals surface area contributed by atoms with Crippen molar-refractivity contribution in [1.82, 2.24) is 0 Å². The molecule has 151 valence electrons. The summed E-state index contributed by atoms with van der Waals surface area (Å²) in [7, 11) is -0.666. The molecule has 0 amide bonds. The van der Waals surface area contributed by atoms with Crippen LogP contribution in [0.25, 0.3) is 11.1 Å². The Balaban J connectivity index is 1.66. The fourth-order valence-corrected chi connectivity index (χ4v) is 7.45. The van der Waals surface area contributed by atoms with Crippen LogP contribution < -0.4 is 5.19 Å². The van der Waals surface area contributed by atoms with Crippen molar-refractivity contribution in [3.05, 3.63) is 53.6 Å². The van der Waals surface area contributed by atoms with Crippen LogP contribution in [0.5, 0.6) is 0 Å². The third-order valence-electron chi connectivity index (χ3n) is 6.16. The third kappa shape index (κ3) is 5.31. The van der Waals surface area contributed by atoms with Gasteiger partial charge in [0.05, 0.1) is 8.80 Å². The lowest BCUT2D eigenvalue weighted by atomic mass is 9.96. The van der Waals surface area contributed by atoms with E-state index in [1.807, 2.05) is 6.07 Å². The molecule has 3 rings (SSSR count). The number of hydrogen-bond donors (Lipinski definition) is 0. The fourth-order valence-electron chi connectivity index (χ4n) is 4.46. The summed E-state index contributed by atoms with van der Waals surface area (Å²) >= 11 is 0. The summed E-state index contributed by atoms with van der Waals surface area (Å²) in [6.45, 7) is 4.33. The fraction of sp³-hybridized carbons (Fsp3) is 0.520. The molecule has 0 N–H and O–H groups in total. The van der Waals surface area contributed by atoms with Gasteiger partial charge in [0, 0.05) is 11.1 Å². The number of benzene rings is 2.